The maximum absolute atomic E-state index is 10.4. The molecule has 0 bridgehead atoms. The Morgan fingerprint density at radius 3 is 2.88 bits per heavy atom. The summed E-state index contributed by atoms with van der Waals surface area (Å²) in [5, 5.41) is 8.60. The minimum Gasteiger partial charge on any atom is -0.481 e. The fourth-order valence-corrected chi connectivity index (χ4v) is 2.58. The summed E-state index contributed by atoms with van der Waals surface area (Å²) >= 11 is 0. The molecule has 0 saturated heterocycles. The van der Waals surface area contributed by atoms with Crippen LogP contribution in [0.15, 0.2) is 0 Å². The number of aromatic nitrogens is 2. The summed E-state index contributed by atoms with van der Waals surface area (Å²) in [6.45, 7) is 2.97. The van der Waals surface area contributed by atoms with Gasteiger partial charge in [-0.1, -0.05) is 0 Å². The molecule has 1 N–H and O–H groups in total. The molecule has 0 spiro atoms. The van der Waals surface area contributed by atoms with E-state index in [0.29, 0.717) is 0 Å². The molecule has 0 aromatic carbocycles. The minimum atomic E-state index is -0.700. The number of aliphatic carboxylic acids is 1. The van der Waals surface area contributed by atoms with Gasteiger partial charge in [0.1, 0.15) is 5.82 Å². The molecule has 0 atom stereocenters. The van der Waals surface area contributed by atoms with Gasteiger partial charge in [0.15, 0.2) is 0 Å². The van der Waals surface area contributed by atoms with Gasteiger partial charge in [-0.2, -0.15) is 0 Å². The molecular formula is C13H20N2O2. The van der Waals surface area contributed by atoms with Gasteiger partial charge in [0.2, 0.25) is 0 Å². The molecular weight excluding hydrogens is 216 g/mol. The SMILES string of the molecule is Cc1nc2c(n1CCCCC(=O)O)CCCC2. The normalized spacial score (nSPS) is 14.6. The molecule has 1 aromatic heterocycles. The standard InChI is InChI=1S/C13H20N2O2/c1-10-14-11-6-2-3-7-12(11)15(10)9-5-4-8-13(16)17/h2-9H2,1H3,(H,16,17). The van der Waals surface area contributed by atoms with E-state index < -0.39 is 5.97 Å². The highest BCUT2D eigenvalue weighted by Gasteiger charge is 2.17. The van der Waals surface area contributed by atoms with Crippen molar-refractivity contribution < 1.29 is 9.90 Å². The van der Waals surface area contributed by atoms with Crippen LogP contribution in [0.4, 0.5) is 0 Å². The Kier molecular flexibility index (Phi) is 3.82. The Morgan fingerprint density at radius 1 is 1.35 bits per heavy atom. The lowest BCUT2D eigenvalue weighted by Crippen LogP contribution is -2.10. The van der Waals surface area contributed by atoms with E-state index in [4.69, 9.17) is 5.11 Å². The summed E-state index contributed by atoms with van der Waals surface area (Å²) in [4.78, 5) is 15.1. The van der Waals surface area contributed by atoms with Crippen molar-refractivity contribution in [3.05, 3.63) is 17.2 Å². The zero-order chi connectivity index (χ0) is 12.3. The molecule has 1 aromatic rings. The molecule has 1 heterocycles. The van der Waals surface area contributed by atoms with E-state index in [-0.39, 0.29) is 6.42 Å². The molecule has 0 unspecified atom stereocenters. The minimum absolute atomic E-state index is 0.274. The van der Waals surface area contributed by atoms with Gasteiger partial charge in [0.25, 0.3) is 0 Å². The van der Waals surface area contributed by atoms with Gasteiger partial charge in [0, 0.05) is 18.7 Å². The zero-order valence-electron chi connectivity index (χ0n) is 10.4. The fraction of sp³-hybridized carbons (Fsp3) is 0.692. The smallest absolute Gasteiger partial charge is 0.303 e. The third-order valence-electron chi connectivity index (χ3n) is 3.45. The highest BCUT2D eigenvalue weighted by atomic mass is 16.4. The summed E-state index contributed by atoms with van der Waals surface area (Å²) in [6, 6.07) is 0. The molecule has 0 radical (unpaired) electrons. The molecule has 94 valence electrons. The van der Waals surface area contributed by atoms with Gasteiger partial charge in [-0.25, -0.2) is 4.98 Å². The van der Waals surface area contributed by atoms with Gasteiger partial charge < -0.3 is 9.67 Å². The molecule has 0 fully saturated rings. The van der Waals surface area contributed by atoms with Crippen LogP contribution < -0.4 is 0 Å². The van der Waals surface area contributed by atoms with Crippen LogP contribution in [0.25, 0.3) is 0 Å². The maximum Gasteiger partial charge on any atom is 0.303 e. The largest absolute Gasteiger partial charge is 0.481 e. The first-order valence-electron chi connectivity index (χ1n) is 6.45. The van der Waals surface area contributed by atoms with Gasteiger partial charge >= 0.3 is 5.97 Å². The second kappa shape index (κ2) is 5.34. The fourth-order valence-electron chi connectivity index (χ4n) is 2.58. The Labute approximate surface area is 102 Å². The molecule has 1 aliphatic rings. The summed E-state index contributed by atoms with van der Waals surface area (Å²) < 4.78 is 2.29. The predicted octanol–water partition coefficient (Wildman–Crippen LogP) is 2.33. The van der Waals surface area contributed by atoms with Crippen LogP contribution in [-0.4, -0.2) is 20.6 Å². The zero-order valence-corrected chi connectivity index (χ0v) is 10.4. The third kappa shape index (κ3) is 2.87. The number of rotatable bonds is 5. The lowest BCUT2D eigenvalue weighted by atomic mass is 10.0. The lowest BCUT2D eigenvalue weighted by molar-refractivity contribution is -0.137. The maximum atomic E-state index is 10.4. The molecule has 17 heavy (non-hydrogen) atoms. The van der Waals surface area contributed by atoms with Crippen molar-refractivity contribution in [1.29, 1.82) is 0 Å². The number of imidazole rings is 1. The summed E-state index contributed by atoms with van der Waals surface area (Å²) in [6.07, 6.45) is 6.71. The van der Waals surface area contributed by atoms with Crippen LogP contribution in [0.1, 0.15) is 49.3 Å². The Bertz CT molecular complexity index is 410. The average Bonchev–Trinajstić information content (AvgIpc) is 2.60. The number of aryl methyl sites for hydroxylation is 2. The van der Waals surface area contributed by atoms with Crippen molar-refractivity contribution in [3.63, 3.8) is 0 Å². The Morgan fingerprint density at radius 2 is 2.12 bits per heavy atom. The first-order chi connectivity index (χ1) is 8.18. The lowest BCUT2D eigenvalue weighted by Gasteiger charge is -2.14. The quantitative estimate of drug-likeness (QED) is 0.798. The number of carboxylic acids is 1. The molecule has 0 saturated carbocycles. The van der Waals surface area contributed by atoms with E-state index >= 15 is 0 Å². The number of carbonyl (C=O) groups is 1. The molecule has 4 nitrogen and oxygen atoms in total. The monoisotopic (exact) mass is 236 g/mol. The van der Waals surface area contributed by atoms with Gasteiger partial charge in [-0.3, -0.25) is 4.79 Å². The molecule has 1 aliphatic carbocycles. The first kappa shape index (κ1) is 12.1. The highest BCUT2D eigenvalue weighted by Crippen LogP contribution is 2.22. The van der Waals surface area contributed by atoms with E-state index in [1.165, 1.54) is 24.2 Å². The van der Waals surface area contributed by atoms with E-state index in [1.807, 2.05) is 0 Å². The molecule has 0 amide bonds. The van der Waals surface area contributed by atoms with Crippen LogP contribution in [0.3, 0.4) is 0 Å². The van der Waals surface area contributed by atoms with Crippen molar-refractivity contribution in [1.82, 2.24) is 9.55 Å². The first-order valence-corrected chi connectivity index (χ1v) is 6.45. The van der Waals surface area contributed by atoms with Gasteiger partial charge in [0.05, 0.1) is 5.69 Å². The van der Waals surface area contributed by atoms with E-state index in [1.54, 1.807) is 0 Å². The summed E-state index contributed by atoms with van der Waals surface area (Å²) in [5.74, 6) is 0.390. The van der Waals surface area contributed by atoms with E-state index in [9.17, 15) is 4.79 Å². The van der Waals surface area contributed by atoms with Gasteiger partial charge in [-0.05, 0) is 45.4 Å². The topological polar surface area (TPSA) is 55.1 Å². The van der Waals surface area contributed by atoms with Crippen molar-refractivity contribution in [2.75, 3.05) is 0 Å². The van der Waals surface area contributed by atoms with E-state index in [0.717, 1.165) is 38.1 Å². The number of carboxylic acid groups (broad SMARTS) is 1. The van der Waals surface area contributed by atoms with Crippen LogP contribution in [0.5, 0.6) is 0 Å². The summed E-state index contributed by atoms with van der Waals surface area (Å²) in [7, 11) is 0. The Hall–Kier alpha value is -1.32. The average molecular weight is 236 g/mol. The number of hydrogen-bond donors (Lipinski definition) is 1. The predicted molar refractivity (Wildman–Crippen MR) is 65.1 cm³/mol. The van der Waals surface area contributed by atoms with E-state index in [2.05, 4.69) is 16.5 Å². The second-order valence-corrected chi connectivity index (χ2v) is 4.76. The van der Waals surface area contributed by atoms with Crippen LogP contribution >= 0.6 is 0 Å². The van der Waals surface area contributed by atoms with Crippen molar-refractivity contribution in [2.24, 2.45) is 0 Å². The Balaban J connectivity index is 1.96. The van der Waals surface area contributed by atoms with Crippen LogP contribution in [0.2, 0.25) is 0 Å². The molecule has 0 aliphatic heterocycles. The van der Waals surface area contributed by atoms with Crippen molar-refractivity contribution >= 4 is 5.97 Å². The van der Waals surface area contributed by atoms with Crippen molar-refractivity contribution in [2.45, 2.75) is 58.4 Å². The molecule has 2 rings (SSSR count). The highest BCUT2D eigenvalue weighted by molar-refractivity contribution is 5.66. The number of nitrogens with zero attached hydrogens (tertiary/aromatic N) is 2. The number of hydrogen-bond acceptors (Lipinski definition) is 2. The summed E-state index contributed by atoms with van der Waals surface area (Å²) in [5.41, 5.74) is 2.66. The third-order valence-corrected chi connectivity index (χ3v) is 3.45. The van der Waals surface area contributed by atoms with Gasteiger partial charge in [-0.15, -0.1) is 0 Å². The number of unbranched alkanes of at least 4 members (excludes halogenated alkanes) is 1. The second-order valence-electron chi connectivity index (χ2n) is 4.76. The molecule has 4 heteroatoms. The van der Waals surface area contributed by atoms with Crippen molar-refractivity contribution in [3.8, 4) is 0 Å². The van der Waals surface area contributed by atoms with Crippen LogP contribution in [0, 0.1) is 6.92 Å². The van der Waals surface area contributed by atoms with Crippen LogP contribution in [-0.2, 0) is 24.2 Å². The number of fused-ring (bicyclic) bond motifs is 1.